The summed E-state index contributed by atoms with van der Waals surface area (Å²) in [6.45, 7) is 4.35. The van der Waals surface area contributed by atoms with Crippen molar-refractivity contribution in [2.75, 3.05) is 18.1 Å². The van der Waals surface area contributed by atoms with Crippen molar-refractivity contribution in [1.82, 2.24) is 9.55 Å². The number of likely N-dealkylation sites (N-methyl/N-ethyl adjacent to an activating group) is 1. The minimum atomic E-state index is -0.604. The Hall–Kier alpha value is -3.00. The molecule has 1 aliphatic heterocycles. The third-order valence-electron chi connectivity index (χ3n) is 5.11. The fourth-order valence-corrected chi connectivity index (χ4v) is 4.74. The van der Waals surface area contributed by atoms with E-state index in [1.54, 1.807) is 16.4 Å². The molecule has 4 rings (SSSR count). The first-order valence-corrected chi connectivity index (χ1v) is 10.4. The number of rotatable bonds is 5. The van der Waals surface area contributed by atoms with E-state index in [2.05, 4.69) is 4.98 Å². The van der Waals surface area contributed by atoms with Crippen LogP contribution in [0.3, 0.4) is 0 Å². The normalized spacial score (nSPS) is 12.8. The smallest absolute Gasteiger partial charge is 0.349 e. The summed E-state index contributed by atoms with van der Waals surface area (Å²) in [6, 6.07) is 9.23. The third-order valence-corrected chi connectivity index (χ3v) is 6.27. The lowest BCUT2D eigenvalue weighted by Crippen LogP contribution is -2.34. The van der Waals surface area contributed by atoms with Crippen LogP contribution in [-0.4, -0.2) is 34.6 Å². The number of para-hydroxylation sites is 1. The fourth-order valence-electron chi connectivity index (χ4n) is 3.65. The molecular formula is C21H21N3O4S. The molecule has 29 heavy (non-hydrogen) atoms. The maximum Gasteiger partial charge on any atom is 0.349 e. The van der Waals surface area contributed by atoms with E-state index in [0.29, 0.717) is 33.7 Å². The standard InChI is InChI=1S/C21H21N3O4S/c1-3-23(14-8-5-4-6-9-14)16(25)12-28-21(27)18-13(2)17-19(29-18)22-15-10-7-11-24(15)20(17)26/h4-6,8-9H,3,7,10-12H2,1-2H3. The van der Waals surface area contributed by atoms with E-state index in [4.69, 9.17) is 4.74 Å². The first-order chi connectivity index (χ1) is 14.0. The number of aromatic nitrogens is 2. The van der Waals surface area contributed by atoms with E-state index in [-0.39, 0.29) is 18.1 Å². The van der Waals surface area contributed by atoms with Gasteiger partial charge < -0.3 is 9.64 Å². The average Bonchev–Trinajstić information content (AvgIpc) is 3.32. The number of benzene rings is 1. The molecule has 0 aliphatic carbocycles. The summed E-state index contributed by atoms with van der Waals surface area (Å²) in [4.78, 5) is 44.9. The van der Waals surface area contributed by atoms with Crippen molar-refractivity contribution in [3.05, 3.63) is 57.0 Å². The predicted molar refractivity (Wildman–Crippen MR) is 112 cm³/mol. The first kappa shape index (κ1) is 19.3. The summed E-state index contributed by atoms with van der Waals surface area (Å²) in [6.07, 6.45) is 1.67. The maximum absolute atomic E-state index is 12.7. The molecule has 0 unspecified atom stereocenters. The van der Waals surface area contributed by atoms with Crippen molar-refractivity contribution in [2.45, 2.75) is 33.2 Å². The summed E-state index contributed by atoms with van der Waals surface area (Å²) in [5, 5.41) is 0.471. The van der Waals surface area contributed by atoms with E-state index in [1.807, 2.05) is 37.3 Å². The highest BCUT2D eigenvalue weighted by Gasteiger charge is 2.25. The monoisotopic (exact) mass is 411 g/mol. The lowest BCUT2D eigenvalue weighted by molar-refractivity contribution is -0.121. The molecule has 0 bridgehead atoms. The molecule has 0 saturated heterocycles. The van der Waals surface area contributed by atoms with Gasteiger partial charge in [0.15, 0.2) is 6.61 Å². The molecule has 7 nitrogen and oxygen atoms in total. The van der Waals surface area contributed by atoms with E-state index in [0.717, 1.165) is 35.7 Å². The molecule has 0 radical (unpaired) electrons. The molecule has 2 aromatic heterocycles. The Morgan fingerprint density at radius 2 is 2.03 bits per heavy atom. The van der Waals surface area contributed by atoms with Gasteiger partial charge in [-0.05, 0) is 38.0 Å². The zero-order chi connectivity index (χ0) is 20.5. The fraction of sp³-hybridized carbons (Fsp3) is 0.333. The molecule has 0 fully saturated rings. The van der Waals surface area contributed by atoms with Gasteiger partial charge in [0, 0.05) is 25.2 Å². The summed E-state index contributed by atoms with van der Waals surface area (Å²) in [5.41, 5.74) is 1.21. The van der Waals surface area contributed by atoms with Gasteiger partial charge >= 0.3 is 5.97 Å². The van der Waals surface area contributed by atoms with Crippen LogP contribution < -0.4 is 10.5 Å². The van der Waals surface area contributed by atoms with Gasteiger partial charge in [-0.2, -0.15) is 0 Å². The first-order valence-electron chi connectivity index (χ1n) is 9.56. The van der Waals surface area contributed by atoms with Crippen molar-refractivity contribution >= 4 is 39.1 Å². The molecule has 1 amide bonds. The lowest BCUT2D eigenvalue weighted by Gasteiger charge is -2.20. The third kappa shape index (κ3) is 3.44. The minimum absolute atomic E-state index is 0.104. The van der Waals surface area contributed by atoms with Crippen molar-refractivity contribution in [3.8, 4) is 0 Å². The summed E-state index contributed by atoms with van der Waals surface area (Å²) in [7, 11) is 0. The summed E-state index contributed by atoms with van der Waals surface area (Å²) in [5.74, 6) is -0.143. The Morgan fingerprint density at radius 3 is 2.76 bits per heavy atom. The van der Waals surface area contributed by atoms with Crippen molar-refractivity contribution in [1.29, 1.82) is 0 Å². The van der Waals surface area contributed by atoms with Gasteiger partial charge in [-0.25, -0.2) is 9.78 Å². The van der Waals surface area contributed by atoms with Crippen LogP contribution in [0.2, 0.25) is 0 Å². The Bertz CT molecular complexity index is 1150. The van der Waals surface area contributed by atoms with Crippen LogP contribution in [-0.2, 0) is 22.5 Å². The molecule has 150 valence electrons. The SMILES string of the molecule is CCN(C(=O)COC(=O)c1sc2nc3n(c(=O)c2c1C)CCC3)c1ccccc1. The number of amides is 1. The molecule has 3 heterocycles. The molecule has 3 aromatic rings. The zero-order valence-corrected chi connectivity index (χ0v) is 17.1. The number of carbonyl (C=O) groups is 2. The largest absolute Gasteiger partial charge is 0.451 e. The van der Waals surface area contributed by atoms with Crippen LogP contribution in [0.5, 0.6) is 0 Å². The Labute approximate surface area is 171 Å². The van der Waals surface area contributed by atoms with Gasteiger partial charge in [0.25, 0.3) is 11.5 Å². The number of hydrogen-bond donors (Lipinski definition) is 0. The second-order valence-electron chi connectivity index (χ2n) is 6.87. The molecule has 0 atom stereocenters. The van der Waals surface area contributed by atoms with Gasteiger partial charge in [0.05, 0.1) is 5.39 Å². The van der Waals surface area contributed by atoms with Gasteiger partial charge in [0.1, 0.15) is 15.5 Å². The predicted octanol–water partition coefficient (Wildman–Crippen LogP) is 2.92. The Morgan fingerprint density at radius 1 is 1.28 bits per heavy atom. The van der Waals surface area contributed by atoms with Crippen LogP contribution in [0, 0.1) is 6.92 Å². The highest BCUT2D eigenvalue weighted by atomic mass is 32.1. The minimum Gasteiger partial charge on any atom is -0.451 e. The Kier molecular flexibility index (Phi) is 5.19. The van der Waals surface area contributed by atoms with Crippen LogP contribution in [0.15, 0.2) is 35.1 Å². The van der Waals surface area contributed by atoms with Gasteiger partial charge in [0.2, 0.25) is 0 Å². The number of esters is 1. The zero-order valence-electron chi connectivity index (χ0n) is 16.3. The van der Waals surface area contributed by atoms with E-state index >= 15 is 0 Å². The molecule has 0 N–H and O–H groups in total. The second-order valence-corrected chi connectivity index (χ2v) is 7.87. The molecule has 8 heteroatoms. The molecule has 1 aliphatic rings. The van der Waals surface area contributed by atoms with Crippen molar-refractivity contribution in [2.24, 2.45) is 0 Å². The lowest BCUT2D eigenvalue weighted by atomic mass is 10.2. The second kappa shape index (κ2) is 7.79. The topological polar surface area (TPSA) is 81.5 Å². The number of carbonyl (C=O) groups excluding carboxylic acids is 2. The number of aryl methyl sites for hydroxylation is 2. The molecule has 0 saturated carbocycles. The number of ether oxygens (including phenoxy) is 1. The van der Waals surface area contributed by atoms with E-state index in [1.165, 1.54) is 0 Å². The Balaban J connectivity index is 1.54. The van der Waals surface area contributed by atoms with Crippen molar-refractivity contribution in [3.63, 3.8) is 0 Å². The molecule has 0 spiro atoms. The number of anilines is 1. The quantitative estimate of drug-likeness (QED) is 0.603. The average molecular weight is 411 g/mol. The van der Waals surface area contributed by atoms with Crippen LogP contribution >= 0.6 is 11.3 Å². The number of fused-ring (bicyclic) bond motifs is 2. The van der Waals surface area contributed by atoms with Gasteiger partial charge in [-0.3, -0.25) is 14.2 Å². The van der Waals surface area contributed by atoms with E-state index in [9.17, 15) is 14.4 Å². The van der Waals surface area contributed by atoms with Crippen LogP contribution in [0.25, 0.3) is 10.2 Å². The van der Waals surface area contributed by atoms with Gasteiger partial charge in [-0.15, -0.1) is 11.3 Å². The van der Waals surface area contributed by atoms with E-state index < -0.39 is 5.97 Å². The van der Waals surface area contributed by atoms with Crippen LogP contribution in [0.4, 0.5) is 5.69 Å². The van der Waals surface area contributed by atoms with Crippen LogP contribution in [0.1, 0.15) is 34.4 Å². The number of nitrogens with zero attached hydrogens (tertiary/aromatic N) is 3. The highest BCUT2D eigenvalue weighted by Crippen LogP contribution is 2.29. The van der Waals surface area contributed by atoms with Crippen molar-refractivity contribution < 1.29 is 14.3 Å². The molecule has 1 aromatic carbocycles. The molecular weight excluding hydrogens is 390 g/mol. The summed E-state index contributed by atoms with van der Waals surface area (Å²) < 4.78 is 6.97. The summed E-state index contributed by atoms with van der Waals surface area (Å²) >= 11 is 1.15. The number of hydrogen-bond acceptors (Lipinski definition) is 6. The maximum atomic E-state index is 12.7. The highest BCUT2D eigenvalue weighted by molar-refractivity contribution is 7.20. The van der Waals surface area contributed by atoms with Gasteiger partial charge in [-0.1, -0.05) is 18.2 Å². The number of thiophene rings is 1.